The molecule has 0 N–H and O–H groups in total. The molecule has 0 saturated carbocycles. The van der Waals surface area contributed by atoms with Gasteiger partial charge in [0.05, 0.1) is 14.2 Å². The fourth-order valence-electron chi connectivity index (χ4n) is 3.54. The summed E-state index contributed by atoms with van der Waals surface area (Å²) in [6.07, 6.45) is -0.450. The van der Waals surface area contributed by atoms with Crippen molar-refractivity contribution in [2.45, 2.75) is 6.17 Å². The molecule has 1 aliphatic rings. The Morgan fingerprint density at radius 3 is 1.96 bits per heavy atom. The molecule has 3 aromatic rings. The van der Waals surface area contributed by atoms with Crippen LogP contribution >= 0.6 is 0 Å². The molecule has 0 radical (unpaired) electrons. The van der Waals surface area contributed by atoms with Crippen LogP contribution < -0.4 is 14.4 Å². The molecule has 1 aliphatic heterocycles. The summed E-state index contributed by atoms with van der Waals surface area (Å²) in [7, 11) is 3.28. The Labute approximate surface area is 164 Å². The summed E-state index contributed by atoms with van der Waals surface area (Å²) in [5.74, 6) is 1.55. The number of rotatable bonds is 5. The van der Waals surface area contributed by atoms with Crippen molar-refractivity contribution >= 4 is 11.4 Å². The van der Waals surface area contributed by atoms with E-state index in [2.05, 4.69) is 4.90 Å². The SMILES string of the molecule is COc1ccc(C2N(c3ccc(OC)cc3)CC(c3ccccc3)=[N+]2[O-])cc1. The Bertz CT molecular complexity index is 967. The Morgan fingerprint density at radius 2 is 1.39 bits per heavy atom. The van der Waals surface area contributed by atoms with E-state index in [1.807, 2.05) is 78.9 Å². The van der Waals surface area contributed by atoms with E-state index in [4.69, 9.17) is 9.47 Å². The first-order valence-corrected chi connectivity index (χ1v) is 9.13. The van der Waals surface area contributed by atoms with Gasteiger partial charge in [0.15, 0.2) is 0 Å². The van der Waals surface area contributed by atoms with Gasteiger partial charge in [-0.2, -0.15) is 4.74 Å². The molecule has 0 saturated heterocycles. The summed E-state index contributed by atoms with van der Waals surface area (Å²) in [5.41, 5.74) is 3.57. The minimum absolute atomic E-state index is 0.450. The van der Waals surface area contributed by atoms with Crippen molar-refractivity contribution in [1.82, 2.24) is 0 Å². The summed E-state index contributed by atoms with van der Waals surface area (Å²) in [5, 5.41) is 13.3. The molecule has 1 heterocycles. The quantitative estimate of drug-likeness (QED) is 0.495. The van der Waals surface area contributed by atoms with Crippen molar-refractivity contribution < 1.29 is 14.2 Å². The zero-order chi connectivity index (χ0) is 19.5. The van der Waals surface area contributed by atoms with Crippen LogP contribution in [0.15, 0.2) is 78.9 Å². The second-order valence-corrected chi connectivity index (χ2v) is 6.61. The van der Waals surface area contributed by atoms with Crippen molar-refractivity contribution in [3.8, 4) is 11.5 Å². The van der Waals surface area contributed by atoms with Crippen molar-refractivity contribution in [2.75, 3.05) is 25.7 Å². The van der Waals surface area contributed by atoms with E-state index in [-0.39, 0.29) is 0 Å². The molecule has 4 rings (SSSR count). The number of hydroxylamine groups is 1. The number of anilines is 1. The van der Waals surface area contributed by atoms with Gasteiger partial charge in [0.2, 0.25) is 5.71 Å². The van der Waals surface area contributed by atoms with Crippen LogP contribution in [0, 0.1) is 5.21 Å². The lowest BCUT2D eigenvalue weighted by Gasteiger charge is -2.24. The molecule has 0 aliphatic carbocycles. The predicted octanol–water partition coefficient (Wildman–Crippen LogP) is 4.22. The van der Waals surface area contributed by atoms with Gasteiger partial charge in [0, 0.05) is 16.8 Å². The number of nitrogens with zero attached hydrogens (tertiary/aromatic N) is 2. The maximum atomic E-state index is 13.3. The average Bonchev–Trinajstić information content (AvgIpc) is 3.11. The molecule has 5 heteroatoms. The standard InChI is InChI=1S/C23H22N2O3/c1-27-20-12-8-18(9-13-20)23-24(19-10-14-21(28-2)15-11-19)16-22(25(23)26)17-6-4-3-5-7-17/h3-15,23H,16H2,1-2H3. The largest absolute Gasteiger partial charge is 0.622 e. The van der Waals surface area contributed by atoms with Crippen molar-refractivity contribution in [3.63, 3.8) is 0 Å². The van der Waals surface area contributed by atoms with Gasteiger partial charge in [0.25, 0.3) is 6.17 Å². The third-order valence-electron chi connectivity index (χ3n) is 5.03. The summed E-state index contributed by atoms with van der Waals surface area (Å²) in [4.78, 5) is 2.11. The lowest BCUT2D eigenvalue weighted by molar-refractivity contribution is -0.497. The molecule has 5 nitrogen and oxygen atoms in total. The minimum atomic E-state index is -0.450. The predicted molar refractivity (Wildman–Crippen MR) is 110 cm³/mol. The van der Waals surface area contributed by atoms with Crippen LogP contribution in [0.25, 0.3) is 0 Å². The highest BCUT2D eigenvalue weighted by Gasteiger charge is 2.38. The monoisotopic (exact) mass is 374 g/mol. The van der Waals surface area contributed by atoms with Crippen molar-refractivity contribution in [3.05, 3.63) is 95.2 Å². The molecule has 1 atom stereocenters. The average molecular weight is 374 g/mol. The van der Waals surface area contributed by atoms with Crippen LogP contribution in [0.4, 0.5) is 5.69 Å². The summed E-state index contributed by atoms with van der Waals surface area (Å²) in [6, 6.07) is 25.3. The second-order valence-electron chi connectivity index (χ2n) is 6.61. The first-order valence-electron chi connectivity index (χ1n) is 9.13. The molecule has 0 bridgehead atoms. The van der Waals surface area contributed by atoms with Gasteiger partial charge in [-0.05, 0) is 60.7 Å². The molecular formula is C23H22N2O3. The van der Waals surface area contributed by atoms with E-state index >= 15 is 0 Å². The van der Waals surface area contributed by atoms with E-state index in [9.17, 15) is 5.21 Å². The Morgan fingerprint density at radius 1 is 0.821 bits per heavy atom. The first-order chi connectivity index (χ1) is 13.7. The van der Waals surface area contributed by atoms with Gasteiger partial charge in [-0.15, -0.1) is 0 Å². The lowest BCUT2D eigenvalue weighted by atomic mass is 10.1. The van der Waals surface area contributed by atoms with E-state index in [1.165, 1.54) is 0 Å². The Kier molecular flexibility index (Phi) is 4.89. The lowest BCUT2D eigenvalue weighted by Crippen LogP contribution is -2.28. The van der Waals surface area contributed by atoms with Gasteiger partial charge < -0.3 is 14.7 Å². The number of hydrogen-bond acceptors (Lipinski definition) is 4. The van der Waals surface area contributed by atoms with Crippen LogP contribution in [-0.2, 0) is 0 Å². The maximum Gasteiger partial charge on any atom is 0.266 e. The number of methoxy groups -OCH3 is 2. The molecule has 142 valence electrons. The Balaban J connectivity index is 1.77. The van der Waals surface area contributed by atoms with Crippen molar-refractivity contribution in [2.24, 2.45) is 0 Å². The highest BCUT2D eigenvalue weighted by molar-refractivity contribution is 6.01. The maximum absolute atomic E-state index is 13.3. The van der Waals surface area contributed by atoms with E-state index in [0.717, 1.165) is 38.8 Å². The zero-order valence-corrected chi connectivity index (χ0v) is 15.9. The number of benzene rings is 3. The van der Waals surface area contributed by atoms with E-state index < -0.39 is 6.17 Å². The highest BCUT2D eigenvalue weighted by atomic mass is 16.5. The van der Waals surface area contributed by atoms with Gasteiger partial charge in [0.1, 0.15) is 18.0 Å². The molecule has 1 unspecified atom stereocenters. The minimum Gasteiger partial charge on any atom is -0.622 e. The summed E-state index contributed by atoms with van der Waals surface area (Å²) < 4.78 is 11.6. The Hall–Kier alpha value is -3.47. The molecule has 28 heavy (non-hydrogen) atoms. The first kappa shape index (κ1) is 17.9. The zero-order valence-electron chi connectivity index (χ0n) is 15.9. The van der Waals surface area contributed by atoms with E-state index in [0.29, 0.717) is 6.54 Å². The normalized spacial score (nSPS) is 16.4. The molecular weight excluding hydrogens is 352 g/mol. The van der Waals surface area contributed by atoms with Crippen LogP contribution in [0.1, 0.15) is 17.3 Å². The third-order valence-corrected chi connectivity index (χ3v) is 5.03. The molecule has 0 amide bonds. The number of hydrogen-bond donors (Lipinski definition) is 0. The molecule has 0 fully saturated rings. The van der Waals surface area contributed by atoms with Crippen LogP contribution in [-0.4, -0.2) is 31.2 Å². The van der Waals surface area contributed by atoms with Crippen molar-refractivity contribution in [1.29, 1.82) is 0 Å². The second kappa shape index (κ2) is 7.64. The number of ether oxygens (including phenoxy) is 2. The smallest absolute Gasteiger partial charge is 0.266 e. The summed E-state index contributed by atoms with van der Waals surface area (Å²) in [6.45, 7) is 0.524. The molecule has 0 aromatic heterocycles. The molecule has 3 aromatic carbocycles. The fourth-order valence-corrected chi connectivity index (χ4v) is 3.54. The molecule has 0 spiro atoms. The van der Waals surface area contributed by atoms with E-state index in [1.54, 1.807) is 14.2 Å². The third kappa shape index (κ3) is 3.27. The van der Waals surface area contributed by atoms with Gasteiger partial charge in [-0.1, -0.05) is 18.2 Å². The fraction of sp³-hybridized carbons (Fsp3) is 0.174. The van der Waals surface area contributed by atoms with Gasteiger partial charge in [-0.25, -0.2) is 0 Å². The highest BCUT2D eigenvalue weighted by Crippen LogP contribution is 2.34. The van der Waals surface area contributed by atoms with Crippen LogP contribution in [0.5, 0.6) is 11.5 Å². The summed E-state index contributed by atoms with van der Waals surface area (Å²) >= 11 is 0. The van der Waals surface area contributed by atoms with Crippen LogP contribution in [0.2, 0.25) is 0 Å². The topological polar surface area (TPSA) is 47.8 Å². The van der Waals surface area contributed by atoms with Gasteiger partial charge >= 0.3 is 0 Å². The van der Waals surface area contributed by atoms with Crippen LogP contribution in [0.3, 0.4) is 0 Å². The van der Waals surface area contributed by atoms with Gasteiger partial charge in [-0.3, -0.25) is 4.90 Å².